The third-order valence-corrected chi connectivity index (χ3v) is 3.40. The van der Waals surface area contributed by atoms with Gasteiger partial charge in [-0.3, -0.25) is 9.59 Å². The average Bonchev–Trinajstić information content (AvgIpc) is 2.92. The molecule has 2 aromatic heterocycles. The van der Waals surface area contributed by atoms with Gasteiger partial charge in [0.05, 0.1) is 24.5 Å². The van der Waals surface area contributed by atoms with Crippen LogP contribution in [0.3, 0.4) is 0 Å². The lowest BCUT2D eigenvalue weighted by Crippen LogP contribution is -2.42. The summed E-state index contributed by atoms with van der Waals surface area (Å²) in [5.41, 5.74) is 0.938. The van der Waals surface area contributed by atoms with E-state index in [1.54, 1.807) is 24.8 Å². The standard InChI is InChI=1S/C14H16N4O4/c1-8-5-11(22-17-8)14(20)18-3-4-21-12(7-18)10-6-13(19)16-9(2)15-10/h5-6,12H,3-4,7H2,1-2H3,(H,15,16,19)/t12-/m0/s1. The first-order chi connectivity index (χ1) is 10.5. The second kappa shape index (κ2) is 5.72. The quantitative estimate of drug-likeness (QED) is 0.871. The molecule has 0 aromatic carbocycles. The second-order valence-corrected chi connectivity index (χ2v) is 5.20. The SMILES string of the molecule is Cc1cc(C(=O)N2CCO[C@H](c3cc(=O)[nH]c(C)n3)C2)on1. The molecule has 0 saturated carbocycles. The van der Waals surface area contributed by atoms with Gasteiger partial charge < -0.3 is 19.1 Å². The number of aromatic amines is 1. The summed E-state index contributed by atoms with van der Waals surface area (Å²) in [5, 5.41) is 3.72. The van der Waals surface area contributed by atoms with Gasteiger partial charge in [0.1, 0.15) is 11.9 Å². The number of carbonyl (C=O) groups is 1. The Morgan fingerprint density at radius 1 is 1.41 bits per heavy atom. The zero-order valence-electron chi connectivity index (χ0n) is 12.3. The van der Waals surface area contributed by atoms with Crippen LogP contribution in [-0.4, -0.2) is 45.6 Å². The van der Waals surface area contributed by atoms with Crippen molar-refractivity contribution < 1.29 is 14.1 Å². The lowest BCUT2D eigenvalue weighted by atomic mass is 10.2. The van der Waals surface area contributed by atoms with Gasteiger partial charge in [0, 0.05) is 18.7 Å². The van der Waals surface area contributed by atoms with Crippen LogP contribution in [0.15, 0.2) is 21.5 Å². The number of rotatable bonds is 2. The van der Waals surface area contributed by atoms with Gasteiger partial charge in [-0.05, 0) is 13.8 Å². The zero-order chi connectivity index (χ0) is 15.7. The van der Waals surface area contributed by atoms with Crippen LogP contribution >= 0.6 is 0 Å². The van der Waals surface area contributed by atoms with Gasteiger partial charge in [0.15, 0.2) is 0 Å². The molecule has 1 fully saturated rings. The number of hydrogen-bond acceptors (Lipinski definition) is 6. The number of amides is 1. The second-order valence-electron chi connectivity index (χ2n) is 5.20. The number of aromatic nitrogens is 3. The molecule has 8 heteroatoms. The fourth-order valence-electron chi connectivity index (χ4n) is 2.40. The van der Waals surface area contributed by atoms with Crippen LogP contribution in [0.5, 0.6) is 0 Å². The lowest BCUT2D eigenvalue weighted by Gasteiger charge is -2.31. The minimum Gasteiger partial charge on any atom is -0.368 e. The van der Waals surface area contributed by atoms with Crippen molar-refractivity contribution >= 4 is 5.91 Å². The van der Waals surface area contributed by atoms with Crippen molar-refractivity contribution in [3.8, 4) is 0 Å². The van der Waals surface area contributed by atoms with Crippen molar-refractivity contribution in [2.75, 3.05) is 19.7 Å². The summed E-state index contributed by atoms with van der Waals surface area (Å²) in [7, 11) is 0. The van der Waals surface area contributed by atoms with E-state index < -0.39 is 6.10 Å². The Bertz CT molecular complexity index is 751. The van der Waals surface area contributed by atoms with E-state index >= 15 is 0 Å². The van der Waals surface area contributed by atoms with Crippen molar-refractivity contribution in [1.29, 1.82) is 0 Å². The van der Waals surface area contributed by atoms with Crippen LogP contribution in [0.1, 0.15) is 33.9 Å². The molecule has 1 atom stereocenters. The smallest absolute Gasteiger partial charge is 0.292 e. The summed E-state index contributed by atoms with van der Waals surface area (Å²) in [6.07, 6.45) is -0.428. The van der Waals surface area contributed by atoms with Crippen LogP contribution < -0.4 is 5.56 Å². The number of carbonyl (C=O) groups excluding carboxylic acids is 1. The van der Waals surface area contributed by atoms with Crippen molar-refractivity contribution in [3.63, 3.8) is 0 Å². The third kappa shape index (κ3) is 2.91. The summed E-state index contributed by atoms with van der Waals surface area (Å²) in [6, 6.07) is 2.99. The Morgan fingerprint density at radius 2 is 2.23 bits per heavy atom. The number of hydrogen-bond donors (Lipinski definition) is 1. The molecule has 0 unspecified atom stereocenters. The van der Waals surface area contributed by atoms with Crippen LogP contribution in [0.25, 0.3) is 0 Å². The molecule has 22 heavy (non-hydrogen) atoms. The summed E-state index contributed by atoms with van der Waals surface area (Å²) >= 11 is 0. The zero-order valence-corrected chi connectivity index (χ0v) is 12.3. The van der Waals surface area contributed by atoms with Gasteiger partial charge in [-0.25, -0.2) is 4.98 Å². The summed E-state index contributed by atoms with van der Waals surface area (Å²) in [4.78, 5) is 32.4. The molecule has 1 aliphatic rings. The number of H-pyrrole nitrogens is 1. The largest absolute Gasteiger partial charge is 0.368 e. The van der Waals surface area contributed by atoms with Gasteiger partial charge in [-0.1, -0.05) is 5.16 Å². The Morgan fingerprint density at radius 3 is 2.91 bits per heavy atom. The average molecular weight is 304 g/mol. The lowest BCUT2D eigenvalue weighted by molar-refractivity contribution is -0.0260. The molecule has 116 valence electrons. The van der Waals surface area contributed by atoms with Crippen LogP contribution in [0.4, 0.5) is 0 Å². The van der Waals surface area contributed by atoms with Gasteiger partial charge >= 0.3 is 0 Å². The monoisotopic (exact) mass is 304 g/mol. The molecule has 3 heterocycles. The molecule has 3 rings (SSSR count). The predicted octanol–water partition coefficient (Wildman–Crippen LogP) is 0.588. The fourth-order valence-corrected chi connectivity index (χ4v) is 2.40. The van der Waals surface area contributed by atoms with E-state index in [0.29, 0.717) is 36.9 Å². The van der Waals surface area contributed by atoms with E-state index in [2.05, 4.69) is 15.1 Å². The predicted molar refractivity (Wildman–Crippen MR) is 75.4 cm³/mol. The van der Waals surface area contributed by atoms with E-state index in [9.17, 15) is 9.59 Å². The maximum absolute atomic E-state index is 12.4. The number of aryl methyl sites for hydroxylation is 2. The van der Waals surface area contributed by atoms with Gasteiger partial charge in [-0.15, -0.1) is 0 Å². The van der Waals surface area contributed by atoms with Crippen molar-refractivity contribution in [2.45, 2.75) is 20.0 Å². The summed E-state index contributed by atoms with van der Waals surface area (Å²) in [5.74, 6) is 0.476. The maximum Gasteiger partial charge on any atom is 0.292 e. The molecule has 1 amide bonds. The fraction of sp³-hybridized carbons (Fsp3) is 0.429. The van der Waals surface area contributed by atoms with Gasteiger partial charge in [0.2, 0.25) is 5.76 Å². The Balaban J connectivity index is 1.79. The molecule has 0 spiro atoms. The number of morpholine rings is 1. The molecule has 8 nitrogen and oxygen atoms in total. The molecular formula is C14H16N4O4. The molecule has 2 aromatic rings. The highest BCUT2D eigenvalue weighted by atomic mass is 16.5. The number of ether oxygens (including phenoxy) is 1. The Kier molecular flexibility index (Phi) is 3.76. The van der Waals surface area contributed by atoms with Crippen molar-refractivity contribution in [1.82, 2.24) is 20.0 Å². The highest BCUT2D eigenvalue weighted by molar-refractivity contribution is 5.91. The van der Waals surface area contributed by atoms with Gasteiger partial charge in [-0.2, -0.15) is 0 Å². The number of nitrogens with one attached hydrogen (secondary N) is 1. The van der Waals surface area contributed by atoms with E-state index in [0.717, 1.165) is 0 Å². The Labute approximate surface area is 126 Å². The van der Waals surface area contributed by atoms with Crippen LogP contribution in [0, 0.1) is 13.8 Å². The number of nitrogens with zero attached hydrogens (tertiary/aromatic N) is 3. The van der Waals surface area contributed by atoms with Crippen LogP contribution in [0.2, 0.25) is 0 Å². The van der Waals surface area contributed by atoms with Gasteiger partial charge in [0.25, 0.3) is 11.5 Å². The molecule has 1 N–H and O–H groups in total. The normalized spacial score (nSPS) is 18.5. The van der Waals surface area contributed by atoms with E-state index in [-0.39, 0.29) is 17.2 Å². The first-order valence-electron chi connectivity index (χ1n) is 6.95. The molecular weight excluding hydrogens is 288 g/mol. The highest BCUT2D eigenvalue weighted by Gasteiger charge is 2.29. The molecule has 1 saturated heterocycles. The molecule has 0 aliphatic carbocycles. The molecule has 0 bridgehead atoms. The summed E-state index contributed by atoms with van der Waals surface area (Å²) < 4.78 is 10.6. The van der Waals surface area contributed by atoms with E-state index in [1.807, 2.05) is 0 Å². The topological polar surface area (TPSA) is 101 Å². The first kappa shape index (κ1) is 14.5. The first-order valence-corrected chi connectivity index (χ1v) is 6.95. The highest BCUT2D eigenvalue weighted by Crippen LogP contribution is 2.21. The van der Waals surface area contributed by atoms with E-state index in [4.69, 9.17) is 9.26 Å². The minimum absolute atomic E-state index is 0.202. The minimum atomic E-state index is -0.428. The molecule has 1 aliphatic heterocycles. The van der Waals surface area contributed by atoms with Crippen molar-refractivity contribution in [3.05, 3.63) is 45.5 Å². The third-order valence-electron chi connectivity index (χ3n) is 3.40. The van der Waals surface area contributed by atoms with Crippen LogP contribution in [-0.2, 0) is 4.74 Å². The molecule has 0 radical (unpaired) electrons. The van der Waals surface area contributed by atoms with Crippen molar-refractivity contribution in [2.24, 2.45) is 0 Å². The summed E-state index contributed by atoms with van der Waals surface area (Å²) in [6.45, 7) is 4.60. The van der Waals surface area contributed by atoms with E-state index in [1.165, 1.54) is 6.07 Å². The maximum atomic E-state index is 12.4. The Hall–Kier alpha value is -2.48.